The summed E-state index contributed by atoms with van der Waals surface area (Å²) in [7, 11) is 0. The predicted octanol–water partition coefficient (Wildman–Crippen LogP) is 5.92. The molecule has 0 radical (unpaired) electrons. The molecule has 2 nitrogen and oxygen atoms in total. The van der Waals surface area contributed by atoms with E-state index in [0.29, 0.717) is 15.9 Å². The van der Waals surface area contributed by atoms with Crippen LogP contribution in [0, 0.1) is 17.2 Å². The summed E-state index contributed by atoms with van der Waals surface area (Å²) in [5, 5.41) is -0.220. The number of hydrogen-bond donors (Lipinski definition) is 0. The maximum Gasteiger partial charge on any atom is 0.139 e. The molecule has 21 heavy (non-hydrogen) atoms. The van der Waals surface area contributed by atoms with Crippen LogP contribution in [0.1, 0.15) is 45.8 Å². The highest BCUT2D eigenvalue weighted by molar-refractivity contribution is 9.10. The summed E-state index contributed by atoms with van der Waals surface area (Å²) in [6.07, 6.45) is 0. The number of aromatic nitrogens is 2. The number of hydrogen-bond acceptors (Lipinski definition) is 1. The molecule has 2 rings (SSSR count). The van der Waals surface area contributed by atoms with Crippen LogP contribution in [0.2, 0.25) is 0 Å². The minimum Gasteiger partial charge on any atom is -0.326 e. The lowest BCUT2D eigenvalue weighted by molar-refractivity contribution is 0.210. The molecule has 0 bridgehead atoms. The van der Waals surface area contributed by atoms with E-state index in [1.807, 2.05) is 6.92 Å². The Morgan fingerprint density at radius 2 is 1.95 bits per heavy atom. The zero-order valence-corrected chi connectivity index (χ0v) is 15.4. The van der Waals surface area contributed by atoms with Crippen LogP contribution < -0.4 is 0 Å². The molecular weight excluding hydrogens is 355 g/mol. The summed E-state index contributed by atoms with van der Waals surface area (Å²) < 4.78 is 16.3. The molecule has 0 N–H and O–H groups in total. The zero-order chi connectivity index (χ0) is 15.9. The molecule has 1 unspecified atom stereocenters. The van der Waals surface area contributed by atoms with E-state index in [2.05, 4.69) is 53.2 Å². The molecule has 1 heterocycles. The Kier molecular flexibility index (Phi) is 4.69. The lowest BCUT2D eigenvalue weighted by atomic mass is 9.81. The number of nitrogens with zero attached hydrogens (tertiary/aromatic N) is 2. The van der Waals surface area contributed by atoms with Gasteiger partial charge in [0.2, 0.25) is 0 Å². The number of fused-ring (bicyclic) bond motifs is 1. The molecule has 1 aromatic heterocycles. The highest BCUT2D eigenvalue weighted by Crippen LogP contribution is 2.34. The number of alkyl halides is 1. The van der Waals surface area contributed by atoms with Crippen molar-refractivity contribution in [1.82, 2.24) is 9.55 Å². The van der Waals surface area contributed by atoms with Crippen molar-refractivity contribution in [1.29, 1.82) is 0 Å². The van der Waals surface area contributed by atoms with Crippen LogP contribution in [0.25, 0.3) is 11.0 Å². The molecule has 1 atom stereocenters. The van der Waals surface area contributed by atoms with E-state index in [0.717, 1.165) is 17.9 Å². The Balaban J connectivity index is 2.64. The summed E-state index contributed by atoms with van der Waals surface area (Å²) in [6.45, 7) is 11.6. The molecule has 0 aliphatic rings. The van der Waals surface area contributed by atoms with Crippen molar-refractivity contribution >= 4 is 38.6 Å². The van der Waals surface area contributed by atoms with E-state index in [-0.39, 0.29) is 16.6 Å². The first kappa shape index (κ1) is 16.8. The number of imidazole rings is 1. The Morgan fingerprint density at radius 1 is 1.33 bits per heavy atom. The van der Waals surface area contributed by atoms with Crippen molar-refractivity contribution in [3.8, 4) is 0 Å². The maximum atomic E-state index is 13.7. The van der Waals surface area contributed by atoms with Gasteiger partial charge in [-0.05, 0) is 40.3 Å². The van der Waals surface area contributed by atoms with Gasteiger partial charge in [0.25, 0.3) is 0 Å². The fourth-order valence-corrected chi connectivity index (χ4v) is 2.70. The molecule has 0 saturated heterocycles. The number of benzene rings is 1. The first-order valence-corrected chi connectivity index (χ1v) is 8.35. The van der Waals surface area contributed by atoms with Crippen molar-refractivity contribution in [2.45, 2.75) is 46.5 Å². The Bertz CT molecular complexity index is 662. The molecule has 5 heteroatoms. The monoisotopic (exact) mass is 374 g/mol. The minimum absolute atomic E-state index is 0.0923. The summed E-state index contributed by atoms with van der Waals surface area (Å²) >= 11 is 9.54. The third kappa shape index (κ3) is 3.26. The first-order chi connectivity index (χ1) is 9.63. The highest BCUT2D eigenvalue weighted by Gasteiger charge is 2.26. The Labute approximate surface area is 138 Å². The van der Waals surface area contributed by atoms with Crippen LogP contribution >= 0.6 is 27.5 Å². The first-order valence-electron chi connectivity index (χ1n) is 7.12. The van der Waals surface area contributed by atoms with Crippen LogP contribution in [-0.4, -0.2) is 9.55 Å². The molecule has 0 saturated carbocycles. The fourth-order valence-electron chi connectivity index (χ4n) is 2.20. The lowest BCUT2D eigenvalue weighted by Gasteiger charge is -2.31. The third-order valence-corrected chi connectivity index (χ3v) is 5.11. The standard InChI is InChI=1S/C16H21BrClFN2/c1-9(2)16(4,5)8-21-14-6-11(17)12(19)7-13(14)20-15(21)10(3)18/h6-7,9-10H,8H2,1-5H3. The molecule has 116 valence electrons. The van der Waals surface area contributed by atoms with Gasteiger partial charge >= 0.3 is 0 Å². The molecule has 0 amide bonds. The second kappa shape index (κ2) is 5.88. The maximum absolute atomic E-state index is 13.7. The topological polar surface area (TPSA) is 17.8 Å². The average molecular weight is 376 g/mol. The van der Waals surface area contributed by atoms with Crippen LogP contribution in [-0.2, 0) is 6.54 Å². The van der Waals surface area contributed by atoms with Gasteiger partial charge in [0.05, 0.1) is 20.9 Å². The summed E-state index contributed by atoms with van der Waals surface area (Å²) in [6, 6.07) is 3.25. The van der Waals surface area contributed by atoms with E-state index < -0.39 is 0 Å². The largest absolute Gasteiger partial charge is 0.326 e. The van der Waals surface area contributed by atoms with Crippen LogP contribution in [0.15, 0.2) is 16.6 Å². The molecule has 0 spiro atoms. The van der Waals surface area contributed by atoms with Crippen LogP contribution in [0.5, 0.6) is 0 Å². The van der Waals surface area contributed by atoms with Gasteiger partial charge in [-0.25, -0.2) is 9.37 Å². The molecular formula is C16H21BrClFN2. The minimum atomic E-state index is -0.302. The second-order valence-corrected chi connectivity index (χ2v) is 8.08. The van der Waals surface area contributed by atoms with Crippen LogP contribution in [0.3, 0.4) is 0 Å². The summed E-state index contributed by atoms with van der Waals surface area (Å²) in [4.78, 5) is 4.53. The number of rotatable bonds is 4. The van der Waals surface area contributed by atoms with E-state index in [1.165, 1.54) is 6.07 Å². The fraction of sp³-hybridized carbons (Fsp3) is 0.562. The average Bonchev–Trinajstić information content (AvgIpc) is 2.68. The summed E-state index contributed by atoms with van der Waals surface area (Å²) in [5.74, 6) is 0.999. The van der Waals surface area contributed by atoms with Crippen molar-refractivity contribution in [3.63, 3.8) is 0 Å². The van der Waals surface area contributed by atoms with Gasteiger partial charge in [-0.1, -0.05) is 27.7 Å². The van der Waals surface area contributed by atoms with Gasteiger partial charge in [-0.2, -0.15) is 0 Å². The van der Waals surface area contributed by atoms with E-state index in [9.17, 15) is 4.39 Å². The quantitative estimate of drug-likeness (QED) is 0.606. The Morgan fingerprint density at radius 3 is 2.48 bits per heavy atom. The molecule has 0 fully saturated rings. The SMILES string of the molecule is CC(Cl)c1nc2cc(F)c(Br)cc2n1CC(C)(C)C(C)C. The normalized spacial score (nSPS) is 14.1. The predicted molar refractivity (Wildman–Crippen MR) is 90.3 cm³/mol. The molecule has 0 aliphatic heterocycles. The van der Waals surface area contributed by atoms with Crippen molar-refractivity contribution in [2.75, 3.05) is 0 Å². The summed E-state index contributed by atoms with van der Waals surface area (Å²) in [5.41, 5.74) is 1.66. The molecule has 2 aromatic rings. The Hall–Kier alpha value is -0.610. The lowest BCUT2D eigenvalue weighted by Crippen LogP contribution is -2.26. The van der Waals surface area contributed by atoms with E-state index in [1.54, 1.807) is 6.07 Å². The van der Waals surface area contributed by atoms with Crippen molar-refractivity contribution in [3.05, 3.63) is 28.2 Å². The van der Waals surface area contributed by atoms with Gasteiger partial charge in [0, 0.05) is 12.6 Å². The molecule has 0 aliphatic carbocycles. The number of halogens is 3. The van der Waals surface area contributed by atoms with Crippen LogP contribution in [0.4, 0.5) is 4.39 Å². The zero-order valence-electron chi connectivity index (χ0n) is 13.0. The molecule has 1 aromatic carbocycles. The highest BCUT2D eigenvalue weighted by atomic mass is 79.9. The third-order valence-electron chi connectivity index (χ3n) is 4.30. The van der Waals surface area contributed by atoms with Crippen molar-refractivity contribution in [2.24, 2.45) is 11.3 Å². The van der Waals surface area contributed by atoms with Gasteiger partial charge < -0.3 is 4.57 Å². The van der Waals surface area contributed by atoms with Gasteiger partial charge in [0.15, 0.2) is 0 Å². The van der Waals surface area contributed by atoms with Gasteiger partial charge in [-0.3, -0.25) is 0 Å². The van der Waals surface area contributed by atoms with Gasteiger partial charge in [-0.15, -0.1) is 11.6 Å². The van der Waals surface area contributed by atoms with Gasteiger partial charge in [0.1, 0.15) is 11.6 Å². The van der Waals surface area contributed by atoms with E-state index >= 15 is 0 Å². The van der Waals surface area contributed by atoms with Crippen molar-refractivity contribution < 1.29 is 4.39 Å². The smallest absolute Gasteiger partial charge is 0.139 e. The second-order valence-electron chi connectivity index (χ2n) is 6.57. The van der Waals surface area contributed by atoms with E-state index in [4.69, 9.17) is 11.6 Å².